The lowest BCUT2D eigenvalue weighted by Crippen LogP contribution is -2.44. The number of rotatable bonds is 6. The third-order valence-corrected chi connectivity index (χ3v) is 2.97. The van der Waals surface area contributed by atoms with Crippen molar-refractivity contribution in [3.63, 3.8) is 0 Å². The predicted octanol–water partition coefficient (Wildman–Crippen LogP) is 1.71. The van der Waals surface area contributed by atoms with Crippen molar-refractivity contribution in [1.82, 2.24) is 4.90 Å². The number of halogens is 1. The van der Waals surface area contributed by atoms with Gasteiger partial charge in [-0.2, -0.15) is 0 Å². The van der Waals surface area contributed by atoms with E-state index in [1.54, 1.807) is 0 Å². The largest absolute Gasteiger partial charge is 0.481 e. The van der Waals surface area contributed by atoms with Crippen LogP contribution < -0.4 is 0 Å². The first-order valence-corrected chi connectivity index (χ1v) is 6.23. The summed E-state index contributed by atoms with van der Waals surface area (Å²) in [6, 6.07) is -0.0354. The molecule has 1 aliphatic rings. The van der Waals surface area contributed by atoms with Gasteiger partial charge in [0.25, 0.3) is 0 Å². The fourth-order valence-electron chi connectivity index (χ4n) is 2.01. The molecule has 16 heavy (non-hydrogen) atoms. The number of nitrogens with zero attached hydrogens (tertiary/aromatic N) is 1. The van der Waals surface area contributed by atoms with Crippen molar-refractivity contribution in [3.8, 4) is 0 Å². The van der Waals surface area contributed by atoms with Gasteiger partial charge in [-0.15, -0.1) is 0 Å². The van der Waals surface area contributed by atoms with Gasteiger partial charge in [0, 0.05) is 17.1 Å². The van der Waals surface area contributed by atoms with Crippen LogP contribution in [-0.4, -0.2) is 48.3 Å². The zero-order valence-electron chi connectivity index (χ0n) is 9.49. The van der Waals surface area contributed by atoms with Crippen molar-refractivity contribution in [3.05, 3.63) is 11.1 Å². The first-order valence-electron chi connectivity index (χ1n) is 5.44. The second-order valence-electron chi connectivity index (χ2n) is 4.04. The van der Waals surface area contributed by atoms with Crippen LogP contribution in [0.15, 0.2) is 11.1 Å². The van der Waals surface area contributed by atoms with Crippen molar-refractivity contribution >= 4 is 21.9 Å². The van der Waals surface area contributed by atoms with Crippen LogP contribution in [0.5, 0.6) is 0 Å². The Kier molecular flexibility index (Phi) is 5.44. The molecule has 2 atom stereocenters. The Morgan fingerprint density at radius 3 is 2.81 bits per heavy atom. The highest BCUT2D eigenvalue weighted by molar-refractivity contribution is 9.11. The molecule has 5 heteroatoms. The van der Waals surface area contributed by atoms with E-state index in [-0.39, 0.29) is 6.04 Å². The number of carboxylic acids is 1. The third-order valence-electron chi connectivity index (χ3n) is 2.72. The van der Waals surface area contributed by atoms with E-state index in [4.69, 9.17) is 9.84 Å². The molecule has 1 saturated heterocycles. The van der Waals surface area contributed by atoms with E-state index in [1.807, 2.05) is 0 Å². The smallest absolute Gasteiger partial charge is 0.310 e. The number of carboxylic acid groups (broad SMARTS) is 1. The standard InChI is InChI=1S/C11H18BrNO3/c1-3-4-13(5-8(2)12)10-7-16-6-9(10)11(14)15/h9-10H,2-7H2,1H3,(H,14,15). The molecule has 1 fully saturated rings. The topological polar surface area (TPSA) is 49.8 Å². The van der Waals surface area contributed by atoms with Gasteiger partial charge in [-0.05, 0) is 13.0 Å². The molecule has 0 bridgehead atoms. The lowest BCUT2D eigenvalue weighted by molar-refractivity contribution is -0.143. The van der Waals surface area contributed by atoms with Gasteiger partial charge in [0.15, 0.2) is 0 Å². The number of hydrogen-bond donors (Lipinski definition) is 1. The van der Waals surface area contributed by atoms with E-state index in [0.717, 1.165) is 17.4 Å². The molecule has 0 aromatic rings. The maximum atomic E-state index is 11.1. The molecular weight excluding hydrogens is 274 g/mol. The summed E-state index contributed by atoms with van der Waals surface area (Å²) in [4.78, 5) is 13.2. The Hall–Kier alpha value is -0.390. The van der Waals surface area contributed by atoms with E-state index in [1.165, 1.54) is 0 Å². The van der Waals surface area contributed by atoms with E-state index < -0.39 is 11.9 Å². The molecule has 1 heterocycles. The van der Waals surface area contributed by atoms with Gasteiger partial charge in [-0.3, -0.25) is 9.69 Å². The Labute approximate surface area is 104 Å². The maximum Gasteiger partial charge on any atom is 0.310 e. The SMILES string of the molecule is C=C(Br)CN(CCC)C1COCC1C(=O)O. The zero-order chi connectivity index (χ0) is 12.1. The highest BCUT2D eigenvalue weighted by Gasteiger charge is 2.37. The van der Waals surface area contributed by atoms with Crippen molar-refractivity contribution in [2.75, 3.05) is 26.3 Å². The lowest BCUT2D eigenvalue weighted by Gasteiger charge is -2.29. The molecule has 2 unspecified atom stereocenters. The Morgan fingerprint density at radius 2 is 2.31 bits per heavy atom. The van der Waals surface area contributed by atoms with E-state index in [2.05, 4.69) is 34.3 Å². The number of ether oxygens (including phenoxy) is 1. The molecule has 1 aliphatic heterocycles. The van der Waals surface area contributed by atoms with Crippen LogP contribution in [0.2, 0.25) is 0 Å². The minimum atomic E-state index is -0.774. The van der Waals surface area contributed by atoms with Crippen LogP contribution in [0.1, 0.15) is 13.3 Å². The van der Waals surface area contributed by atoms with Crippen LogP contribution in [0.25, 0.3) is 0 Å². The van der Waals surface area contributed by atoms with Crippen LogP contribution in [-0.2, 0) is 9.53 Å². The summed E-state index contributed by atoms with van der Waals surface area (Å²) in [5.74, 6) is -1.19. The third kappa shape index (κ3) is 3.57. The van der Waals surface area contributed by atoms with Gasteiger partial charge in [0.1, 0.15) is 0 Å². The molecule has 0 saturated carbocycles. The first-order chi connectivity index (χ1) is 7.56. The number of hydrogen-bond acceptors (Lipinski definition) is 3. The van der Waals surface area contributed by atoms with Gasteiger partial charge in [0.05, 0.1) is 19.1 Å². The molecule has 92 valence electrons. The van der Waals surface area contributed by atoms with Gasteiger partial charge in [-0.1, -0.05) is 29.4 Å². The summed E-state index contributed by atoms with van der Waals surface area (Å²) in [7, 11) is 0. The highest BCUT2D eigenvalue weighted by atomic mass is 79.9. The summed E-state index contributed by atoms with van der Waals surface area (Å²) >= 11 is 3.32. The first kappa shape index (κ1) is 13.7. The average Bonchev–Trinajstić information content (AvgIpc) is 2.64. The van der Waals surface area contributed by atoms with Crippen LogP contribution in [0.4, 0.5) is 0 Å². The molecule has 0 aliphatic carbocycles. The molecule has 4 nitrogen and oxygen atoms in total. The average molecular weight is 292 g/mol. The van der Waals surface area contributed by atoms with Crippen molar-refractivity contribution in [2.45, 2.75) is 19.4 Å². The molecule has 1 rings (SSSR count). The highest BCUT2D eigenvalue weighted by Crippen LogP contribution is 2.22. The van der Waals surface area contributed by atoms with Crippen molar-refractivity contribution < 1.29 is 14.6 Å². The summed E-state index contributed by atoms with van der Waals surface area (Å²) < 4.78 is 6.14. The molecule has 0 aromatic heterocycles. The molecule has 0 radical (unpaired) electrons. The summed E-state index contributed by atoms with van der Waals surface area (Å²) in [6.07, 6.45) is 0.989. The molecule has 0 aromatic carbocycles. The minimum absolute atomic E-state index is 0.0354. The monoisotopic (exact) mass is 291 g/mol. The van der Waals surface area contributed by atoms with Crippen LogP contribution in [0, 0.1) is 5.92 Å². The number of carbonyl (C=O) groups is 1. The Balaban J connectivity index is 2.68. The minimum Gasteiger partial charge on any atom is -0.481 e. The maximum absolute atomic E-state index is 11.1. The van der Waals surface area contributed by atoms with Crippen LogP contribution >= 0.6 is 15.9 Å². The van der Waals surface area contributed by atoms with Gasteiger partial charge in [0.2, 0.25) is 0 Å². The second kappa shape index (κ2) is 6.37. The van der Waals surface area contributed by atoms with Crippen LogP contribution in [0.3, 0.4) is 0 Å². The normalized spacial score (nSPS) is 24.9. The Morgan fingerprint density at radius 1 is 1.62 bits per heavy atom. The molecular formula is C11H18BrNO3. The van der Waals surface area contributed by atoms with Gasteiger partial charge in [-0.25, -0.2) is 0 Å². The zero-order valence-corrected chi connectivity index (χ0v) is 11.1. The molecule has 0 spiro atoms. The summed E-state index contributed by atoms with van der Waals surface area (Å²) in [5, 5.41) is 9.09. The quantitative estimate of drug-likeness (QED) is 0.809. The second-order valence-corrected chi connectivity index (χ2v) is 5.16. The number of aliphatic carboxylic acids is 1. The van der Waals surface area contributed by atoms with E-state index in [9.17, 15) is 4.79 Å². The van der Waals surface area contributed by atoms with E-state index in [0.29, 0.717) is 19.8 Å². The Bertz CT molecular complexity index is 270. The lowest BCUT2D eigenvalue weighted by atomic mass is 10.0. The predicted molar refractivity (Wildman–Crippen MR) is 65.7 cm³/mol. The van der Waals surface area contributed by atoms with Crippen molar-refractivity contribution in [2.24, 2.45) is 5.92 Å². The van der Waals surface area contributed by atoms with E-state index >= 15 is 0 Å². The molecule has 1 N–H and O–H groups in total. The fraction of sp³-hybridized carbons (Fsp3) is 0.727. The van der Waals surface area contributed by atoms with Gasteiger partial charge < -0.3 is 9.84 Å². The van der Waals surface area contributed by atoms with Gasteiger partial charge >= 0.3 is 5.97 Å². The molecule has 0 amide bonds. The summed E-state index contributed by atoms with van der Waals surface area (Å²) in [6.45, 7) is 8.23. The summed E-state index contributed by atoms with van der Waals surface area (Å²) in [5.41, 5.74) is 0. The fourth-order valence-corrected chi connectivity index (χ4v) is 2.33. The van der Waals surface area contributed by atoms with Crippen molar-refractivity contribution in [1.29, 1.82) is 0 Å².